The quantitative estimate of drug-likeness (QED) is 0.850. The van der Waals surface area contributed by atoms with E-state index in [0.29, 0.717) is 0 Å². The van der Waals surface area contributed by atoms with Crippen molar-refractivity contribution in [2.45, 2.75) is 25.7 Å². The summed E-state index contributed by atoms with van der Waals surface area (Å²) >= 11 is 0. The second-order valence-electron chi connectivity index (χ2n) is 5.50. The second kappa shape index (κ2) is 5.68. The number of rotatable bonds is 4. The van der Waals surface area contributed by atoms with Gasteiger partial charge in [0, 0.05) is 0 Å². The number of hydrogen-bond donors (Lipinski definition) is 1. The fourth-order valence-corrected chi connectivity index (χ4v) is 5.55. The smallest absolute Gasteiger partial charge is 0.123 e. The molecule has 0 aliphatic rings. The van der Waals surface area contributed by atoms with E-state index in [1.54, 1.807) is 0 Å². The molecule has 0 radical (unpaired) electrons. The van der Waals surface area contributed by atoms with E-state index in [2.05, 4.69) is 19.2 Å². The van der Waals surface area contributed by atoms with Crippen molar-refractivity contribution in [3.63, 3.8) is 0 Å². The van der Waals surface area contributed by atoms with Crippen LogP contribution in [0.25, 0.3) is 0 Å². The SMILES string of the molecule is C[Si](C)(Cc1ccc(F)cc1)c1ccccc1CO. The Bertz CT molecular complexity index is 549. The third kappa shape index (κ3) is 3.31. The van der Waals surface area contributed by atoms with Gasteiger partial charge in [-0.05, 0) is 23.7 Å². The summed E-state index contributed by atoms with van der Waals surface area (Å²) in [6.45, 7) is 4.64. The maximum Gasteiger partial charge on any atom is 0.123 e. The van der Waals surface area contributed by atoms with Gasteiger partial charge in [-0.1, -0.05) is 60.2 Å². The molecule has 1 nitrogen and oxygen atoms in total. The molecule has 2 aromatic carbocycles. The van der Waals surface area contributed by atoms with E-state index in [-0.39, 0.29) is 12.4 Å². The minimum Gasteiger partial charge on any atom is -0.392 e. The molecule has 100 valence electrons. The van der Waals surface area contributed by atoms with Crippen LogP contribution in [-0.4, -0.2) is 13.2 Å². The number of aliphatic hydroxyl groups is 1. The fourth-order valence-electron chi connectivity index (χ4n) is 2.53. The van der Waals surface area contributed by atoms with E-state index in [9.17, 15) is 9.50 Å². The highest BCUT2D eigenvalue weighted by Gasteiger charge is 2.26. The Kier molecular flexibility index (Phi) is 4.17. The summed E-state index contributed by atoms with van der Waals surface area (Å²) in [7, 11) is -1.69. The molecule has 0 saturated carbocycles. The van der Waals surface area contributed by atoms with E-state index in [1.165, 1.54) is 17.3 Å². The van der Waals surface area contributed by atoms with Crippen molar-refractivity contribution < 1.29 is 9.50 Å². The molecule has 0 spiro atoms. The lowest BCUT2D eigenvalue weighted by Crippen LogP contribution is -2.46. The molecular formula is C16H19FOSi. The van der Waals surface area contributed by atoms with Crippen molar-refractivity contribution in [2.24, 2.45) is 0 Å². The van der Waals surface area contributed by atoms with Crippen molar-refractivity contribution in [3.05, 3.63) is 65.5 Å². The molecular weight excluding hydrogens is 255 g/mol. The minimum absolute atomic E-state index is 0.0794. The molecule has 3 heteroatoms. The molecule has 0 amide bonds. The van der Waals surface area contributed by atoms with Crippen LogP contribution in [0.2, 0.25) is 13.1 Å². The standard InChI is InChI=1S/C16H19FOSi/c1-19(2,12-13-7-9-15(17)10-8-13)16-6-4-3-5-14(16)11-18/h3-10,18H,11-12H2,1-2H3. The molecule has 2 aromatic rings. The summed E-state index contributed by atoms with van der Waals surface area (Å²) in [6.07, 6.45) is 0. The fraction of sp³-hybridized carbons (Fsp3) is 0.250. The van der Waals surface area contributed by atoms with Gasteiger partial charge in [-0.25, -0.2) is 4.39 Å². The first-order valence-corrected chi connectivity index (χ1v) is 9.67. The van der Waals surface area contributed by atoms with Gasteiger partial charge in [0.1, 0.15) is 5.82 Å². The van der Waals surface area contributed by atoms with E-state index in [4.69, 9.17) is 0 Å². The largest absolute Gasteiger partial charge is 0.392 e. The Balaban J connectivity index is 2.29. The first-order valence-electron chi connectivity index (χ1n) is 6.46. The molecule has 0 bridgehead atoms. The van der Waals surface area contributed by atoms with Gasteiger partial charge < -0.3 is 5.11 Å². The van der Waals surface area contributed by atoms with Gasteiger partial charge >= 0.3 is 0 Å². The zero-order chi connectivity index (χ0) is 13.9. The van der Waals surface area contributed by atoms with E-state index in [0.717, 1.165) is 17.2 Å². The molecule has 0 saturated heterocycles. The first kappa shape index (κ1) is 14.0. The van der Waals surface area contributed by atoms with Crippen molar-refractivity contribution >= 4 is 13.3 Å². The first-order chi connectivity index (χ1) is 9.03. The predicted molar refractivity (Wildman–Crippen MR) is 79.6 cm³/mol. The lowest BCUT2D eigenvalue weighted by Gasteiger charge is -2.25. The number of hydrogen-bond acceptors (Lipinski definition) is 1. The van der Waals surface area contributed by atoms with Gasteiger partial charge in [0.05, 0.1) is 14.7 Å². The van der Waals surface area contributed by atoms with E-state index in [1.807, 2.05) is 30.3 Å². The lowest BCUT2D eigenvalue weighted by atomic mass is 10.2. The van der Waals surface area contributed by atoms with Crippen LogP contribution in [0.15, 0.2) is 48.5 Å². The van der Waals surface area contributed by atoms with Gasteiger partial charge in [0.15, 0.2) is 0 Å². The van der Waals surface area contributed by atoms with Crippen LogP contribution in [0.4, 0.5) is 4.39 Å². The van der Waals surface area contributed by atoms with Crippen LogP contribution < -0.4 is 5.19 Å². The Labute approximate surface area is 114 Å². The number of benzene rings is 2. The Morgan fingerprint density at radius 3 is 2.26 bits per heavy atom. The highest BCUT2D eigenvalue weighted by atomic mass is 28.3. The zero-order valence-corrected chi connectivity index (χ0v) is 12.4. The molecule has 19 heavy (non-hydrogen) atoms. The molecule has 0 fully saturated rings. The summed E-state index contributed by atoms with van der Waals surface area (Å²) in [4.78, 5) is 0. The van der Waals surface area contributed by atoms with Crippen LogP contribution in [0.5, 0.6) is 0 Å². The Morgan fingerprint density at radius 2 is 1.63 bits per heavy atom. The average molecular weight is 274 g/mol. The Morgan fingerprint density at radius 1 is 1.00 bits per heavy atom. The second-order valence-corrected chi connectivity index (χ2v) is 10.2. The van der Waals surface area contributed by atoms with Crippen LogP contribution in [0.1, 0.15) is 11.1 Å². The maximum absolute atomic E-state index is 12.9. The van der Waals surface area contributed by atoms with Crippen molar-refractivity contribution in [1.29, 1.82) is 0 Å². The molecule has 1 N–H and O–H groups in total. The van der Waals surface area contributed by atoms with E-state index >= 15 is 0 Å². The summed E-state index contributed by atoms with van der Waals surface area (Å²) < 4.78 is 12.9. The molecule has 0 heterocycles. The van der Waals surface area contributed by atoms with Gasteiger partial charge in [-0.2, -0.15) is 0 Å². The highest BCUT2D eigenvalue weighted by molar-refractivity contribution is 6.89. The molecule has 0 aromatic heterocycles. The van der Waals surface area contributed by atoms with Gasteiger partial charge in [-0.15, -0.1) is 0 Å². The molecule has 0 aliphatic carbocycles. The Hall–Kier alpha value is -1.45. The van der Waals surface area contributed by atoms with Crippen LogP contribution in [0, 0.1) is 5.82 Å². The van der Waals surface area contributed by atoms with Gasteiger partial charge in [0.2, 0.25) is 0 Å². The van der Waals surface area contributed by atoms with Crippen LogP contribution in [0.3, 0.4) is 0 Å². The van der Waals surface area contributed by atoms with Crippen molar-refractivity contribution in [2.75, 3.05) is 0 Å². The predicted octanol–water partition coefficient (Wildman–Crippen LogP) is 3.02. The molecule has 0 unspecified atom stereocenters. The van der Waals surface area contributed by atoms with Crippen molar-refractivity contribution in [3.8, 4) is 0 Å². The number of halogens is 1. The lowest BCUT2D eigenvalue weighted by molar-refractivity contribution is 0.283. The summed E-state index contributed by atoms with van der Waals surface area (Å²) in [5.74, 6) is -0.195. The van der Waals surface area contributed by atoms with Crippen LogP contribution >= 0.6 is 0 Å². The van der Waals surface area contributed by atoms with Gasteiger partial charge in [0.25, 0.3) is 0 Å². The van der Waals surface area contributed by atoms with E-state index < -0.39 is 8.07 Å². The average Bonchev–Trinajstić information content (AvgIpc) is 2.41. The molecule has 0 atom stereocenters. The monoisotopic (exact) mass is 274 g/mol. The third-order valence-electron chi connectivity index (χ3n) is 3.48. The summed E-state index contributed by atoms with van der Waals surface area (Å²) in [5.41, 5.74) is 2.17. The van der Waals surface area contributed by atoms with Crippen LogP contribution in [-0.2, 0) is 12.7 Å². The zero-order valence-electron chi connectivity index (χ0n) is 11.4. The normalized spacial score (nSPS) is 11.6. The highest BCUT2D eigenvalue weighted by Crippen LogP contribution is 2.15. The summed E-state index contributed by atoms with van der Waals surface area (Å²) in [6, 6.07) is 15.7. The minimum atomic E-state index is -1.69. The number of aliphatic hydroxyl groups excluding tert-OH is 1. The maximum atomic E-state index is 12.9. The van der Waals surface area contributed by atoms with Crippen molar-refractivity contribution in [1.82, 2.24) is 0 Å². The third-order valence-corrected chi connectivity index (χ3v) is 6.71. The van der Waals surface area contributed by atoms with Gasteiger partial charge in [-0.3, -0.25) is 0 Å². The molecule has 2 rings (SSSR count). The summed E-state index contributed by atoms with van der Waals surface area (Å²) in [5, 5.41) is 10.7. The topological polar surface area (TPSA) is 20.2 Å². The molecule has 0 aliphatic heterocycles.